The van der Waals surface area contributed by atoms with Gasteiger partial charge in [0.15, 0.2) is 0 Å². The van der Waals surface area contributed by atoms with Crippen molar-refractivity contribution in [2.45, 2.75) is 18.2 Å². The minimum Gasteiger partial charge on any atom is -0.468 e. The molecule has 0 spiro atoms. The predicted octanol–water partition coefficient (Wildman–Crippen LogP) is 3.12. The number of thioether (sulfide) groups is 1. The van der Waals surface area contributed by atoms with E-state index in [2.05, 4.69) is 4.74 Å². The molecule has 1 aromatic rings. The van der Waals surface area contributed by atoms with Gasteiger partial charge in [0.1, 0.15) is 6.04 Å². The third-order valence-corrected chi connectivity index (χ3v) is 4.13. The molecule has 0 heterocycles. The Morgan fingerprint density at radius 1 is 1.44 bits per heavy atom. The molecule has 1 atom stereocenters. The molecule has 0 saturated carbocycles. The number of ether oxygens (including phenoxy) is 1. The molecule has 0 aliphatic rings. The third kappa shape index (κ3) is 5.06. The van der Waals surface area contributed by atoms with Crippen molar-refractivity contribution in [3.63, 3.8) is 0 Å². The zero-order valence-corrected chi connectivity index (χ0v) is 12.3. The lowest BCUT2D eigenvalue weighted by molar-refractivity contribution is -0.142. The molecule has 0 bridgehead atoms. The highest BCUT2D eigenvalue weighted by Crippen LogP contribution is 2.24. The lowest BCUT2D eigenvalue weighted by Gasteiger charge is -2.08. The van der Waals surface area contributed by atoms with Crippen LogP contribution in [0, 0.1) is 0 Å². The lowest BCUT2D eigenvalue weighted by Crippen LogP contribution is -2.31. The Hall–Kier alpha value is -0.420. The lowest BCUT2D eigenvalue weighted by atomic mass is 10.2. The second-order valence-corrected chi connectivity index (χ2v) is 5.64. The Labute approximate surface area is 121 Å². The summed E-state index contributed by atoms with van der Waals surface area (Å²) in [6.45, 7) is 0. The van der Waals surface area contributed by atoms with Crippen molar-refractivity contribution in [2.24, 2.45) is 5.73 Å². The monoisotopic (exact) mass is 307 g/mol. The summed E-state index contributed by atoms with van der Waals surface area (Å²) in [5.41, 5.74) is 6.72. The first-order valence-electron chi connectivity index (χ1n) is 5.39. The Morgan fingerprint density at radius 3 is 2.78 bits per heavy atom. The molecule has 0 aromatic heterocycles. The van der Waals surface area contributed by atoms with Crippen molar-refractivity contribution >= 4 is 40.9 Å². The molecule has 6 heteroatoms. The number of methoxy groups -OCH3 is 1. The van der Waals surface area contributed by atoms with Crippen molar-refractivity contribution in [1.29, 1.82) is 0 Å². The van der Waals surface area contributed by atoms with Gasteiger partial charge >= 0.3 is 5.97 Å². The fourth-order valence-electron chi connectivity index (χ4n) is 1.30. The maximum Gasteiger partial charge on any atom is 0.322 e. The second kappa shape index (κ2) is 7.89. The van der Waals surface area contributed by atoms with Crippen molar-refractivity contribution in [1.82, 2.24) is 0 Å². The second-order valence-electron chi connectivity index (χ2n) is 3.72. The van der Waals surface area contributed by atoms with Crippen LogP contribution < -0.4 is 5.73 Å². The molecule has 0 fully saturated rings. The number of nitrogens with two attached hydrogens (primary N) is 1. The van der Waals surface area contributed by atoms with E-state index in [1.165, 1.54) is 7.11 Å². The van der Waals surface area contributed by atoms with Crippen LogP contribution in [0.15, 0.2) is 18.2 Å². The van der Waals surface area contributed by atoms with E-state index < -0.39 is 6.04 Å². The first kappa shape index (κ1) is 15.6. The Kier molecular flexibility index (Phi) is 6.86. The molecule has 1 unspecified atom stereocenters. The zero-order chi connectivity index (χ0) is 13.5. The molecule has 18 heavy (non-hydrogen) atoms. The Balaban J connectivity index is 2.29. The summed E-state index contributed by atoms with van der Waals surface area (Å²) in [6.07, 6.45) is 0.596. The summed E-state index contributed by atoms with van der Waals surface area (Å²) in [6, 6.07) is 5.01. The molecular formula is C12H15Cl2NO2S. The number of rotatable bonds is 6. The molecule has 1 aromatic carbocycles. The first-order valence-corrected chi connectivity index (χ1v) is 7.30. The van der Waals surface area contributed by atoms with Crippen molar-refractivity contribution in [2.75, 3.05) is 12.9 Å². The quantitative estimate of drug-likeness (QED) is 0.648. The van der Waals surface area contributed by atoms with Crippen LogP contribution in [-0.4, -0.2) is 24.9 Å². The number of benzene rings is 1. The van der Waals surface area contributed by atoms with Gasteiger partial charge in [0.2, 0.25) is 0 Å². The summed E-state index contributed by atoms with van der Waals surface area (Å²) in [7, 11) is 1.34. The van der Waals surface area contributed by atoms with Crippen molar-refractivity contribution < 1.29 is 9.53 Å². The van der Waals surface area contributed by atoms with Gasteiger partial charge < -0.3 is 10.5 Å². The highest BCUT2D eigenvalue weighted by molar-refractivity contribution is 7.98. The molecule has 0 amide bonds. The first-order chi connectivity index (χ1) is 8.54. The van der Waals surface area contributed by atoms with E-state index in [0.29, 0.717) is 16.5 Å². The summed E-state index contributed by atoms with van der Waals surface area (Å²) >= 11 is 13.4. The van der Waals surface area contributed by atoms with Gasteiger partial charge in [-0.2, -0.15) is 11.8 Å². The van der Waals surface area contributed by atoms with Gasteiger partial charge in [0, 0.05) is 5.75 Å². The van der Waals surface area contributed by atoms with Crippen molar-refractivity contribution in [3.05, 3.63) is 33.8 Å². The van der Waals surface area contributed by atoms with Gasteiger partial charge in [0.05, 0.1) is 17.2 Å². The highest BCUT2D eigenvalue weighted by Gasteiger charge is 2.12. The van der Waals surface area contributed by atoms with Gasteiger partial charge in [-0.05, 0) is 29.9 Å². The SMILES string of the molecule is COC(=O)C(N)CCSCc1ccc(Cl)c(Cl)c1. The summed E-state index contributed by atoms with van der Waals surface area (Å²) in [4.78, 5) is 11.1. The van der Waals surface area contributed by atoms with Gasteiger partial charge in [0.25, 0.3) is 0 Å². The van der Waals surface area contributed by atoms with Gasteiger partial charge in [-0.1, -0.05) is 29.3 Å². The van der Waals surface area contributed by atoms with E-state index in [0.717, 1.165) is 17.1 Å². The van der Waals surface area contributed by atoms with Crippen LogP contribution in [-0.2, 0) is 15.3 Å². The maximum atomic E-state index is 11.1. The topological polar surface area (TPSA) is 52.3 Å². The Morgan fingerprint density at radius 2 is 2.17 bits per heavy atom. The van der Waals surface area contributed by atoms with Crippen LogP contribution in [0.25, 0.3) is 0 Å². The van der Waals surface area contributed by atoms with Crippen molar-refractivity contribution in [3.8, 4) is 0 Å². The van der Waals surface area contributed by atoms with Gasteiger partial charge in [-0.25, -0.2) is 0 Å². The number of hydrogen-bond acceptors (Lipinski definition) is 4. The highest BCUT2D eigenvalue weighted by atomic mass is 35.5. The molecule has 1 rings (SSSR count). The normalized spacial score (nSPS) is 12.2. The standard InChI is InChI=1S/C12H15Cl2NO2S/c1-17-12(16)11(15)4-5-18-7-8-2-3-9(13)10(14)6-8/h2-3,6,11H,4-5,7,15H2,1H3. The van der Waals surface area contributed by atoms with Crippen LogP contribution in [0.1, 0.15) is 12.0 Å². The minimum absolute atomic E-state index is 0.370. The van der Waals surface area contributed by atoms with Gasteiger partial charge in [-0.15, -0.1) is 0 Å². The van der Waals surface area contributed by atoms with Gasteiger partial charge in [-0.3, -0.25) is 4.79 Å². The van der Waals surface area contributed by atoms with Crippen LogP contribution in [0.2, 0.25) is 10.0 Å². The number of carbonyl (C=O) groups excluding carboxylic acids is 1. The van der Waals surface area contributed by atoms with E-state index in [1.54, 1.807) is 17.8 Å². The third-order valence-electron chi connectivity index (χ3n) is 2.33. The molecule has 3 nitrogen and oxygen atoms in total. The average molecular weight is 308 g/mol. The smallest absolute Gasteiger partial charge is 0.322 e. The van der Waals surface area contributed by atoms with Crippen LogP contribution >= 0.6 is 35.0 Å². The van der Waals surface area contributed by atoms with Crippen LogP contribution in [0.4, 0.5) is 0 Å². The zero-order valence-electron chi connectivity index (χ0n) is 9.99. The Bertz CT molecular complexity index is 415. The van der Waals surface area contributed by atoms with E-state index >= 15 is 0 Å². The maximum absolute atomic E-state index is 11.1. The predicted molar refractivity (Wildman–Crippen MR) is 77.2 cm³/mol. The molecule has 0 aliphatic heterocycles. The number of esters is 1. The fraction of sp³-hybridized carbons (Fsp3) is 0.417. The van der Waals surface area contributed by atoms with Crippen LogP contribution in [0.5, 0.6) is 0 Å². The minimum atomic E-state index is -0.545. The molecular weight excluding hydrogens is 293 g/mol. The fourth-order valence-corrected chi connectivity index (χ4v) is 2.60. The largest absolute Gasteiger partial charge is 0.468 e. The van der Waals surface area contributed by atoms with E-state index in [9.17, 15) is 4.79 Å². The molecule has 0 radical (unpaired) electrons. The number of carbonyl (C=O) groups is 1. The molecule has 0 saturated heterocycles. The molecule has 0 aliphatic carbocycles. The summed E-state index contributed by atoms with van der Waals surface area (Å²) in [5.74, 6) is 1.23. The molecule has 2 N–H and O–H groups in total. The van der Waals surface area contributed by atoms with Crippen LogP contribution in [0.3, 0.4) is 0 Å². The summed E-state index contributed by atoms with van der Waals surface area (Å²) < 4.78 is 4.55. The number of hydrogen-bond donors (Lipinski definition) is 1. The van der Waals surface area contributed by atoms with E-state index in [-0.39, 0.29) is 5.97 Å². The van der Waals surface area contributed by atoms with E-state index in [4.69, 9.17) is 28.9 Å². The average Bonchev–Trinajstić information content (AvgIpc) is 2.37. The molecule has 100 valence electrons. The summed E-state index contributed by atoms with van der Waals surface area (Å²) in [5, 5.41) is 1.11. The van der Waals surface area contributed by atoms with E-state index in [1.807, 2.05) is 12.1 Å². The number of halogens is 2.